The van der Waals surface area contributed by atoms with Gasteiger partial charge < -0.3 is 9.84 Å². The van der Waals surface area contributed by atoms with Gasteiger partial charge in [0.15, 0.2) is 17.3 Å². The molecule has 0 atom stereocenters. The molecule has 8 heteroatoms. The van der Waals surface area contributed by atoms with Gasteiger partial charge in [-0.15, -0.1) is 0 Å². The standard InChI is InChI=1S/C24H17FN2O4S/c1-31-21-10-7-14(12-18(21)25)11-17(23(28)15-5-3-2-4-6-15)22(24(29)30)16-8-9-19-20(13-16)27-32-26-19/h2-10,12-13H,11H2,1H3,(H,29,30). The first-order valence-corrected chi connectivity index (χ1v) is 10.3. The Labute approximate surface area is 186 Å². The molecule has 0 fully saturated rings. The number of ether oxygens (including phenoxy) is 1. The van der Waals surface area contributed by atoms with E-state index in [0.29, 0.717) is 27.7 Å². The summed E-state index contributed by atoms with van der Waals surface area (Å²) in [6.45, 7) is 0. The Bertz CT molecular complexity index is 1350. The van der Waals surface area contributed by atoms with Crippen molar-refractivity contribution < 1.29 is 23.8 Å². The molecular formula is C24H17FN2O4S. The second-order valence-electron chi connectivity index (χ2n) is 6.97. The number of halogens is 1. The van der Waals surface area contributed by atoms with Crippen molar-refractivity contribution in [3.8, 4) is 5.75 Å². The highest BCUT2D eigenvalue weighted by atomic mass is 32.1. The van der Waals surface area contributed by atoms with Gasteiger partial charge in [-0.25, -0.2) is 9.18 Å². The number of carboxylic acid groups (broad SMARTS) is 1. The van der Waals surface area contributed by atoms with E-state index in [4.69, 9.17) is 4.74 Å². The maximum absolute atomic E-state index is 14.3. The third-order valence-corrected chi connectivity index (χ3v) is 5.52. The lowest BCUT2D eigenvalue weighted by Crippen LogP contribution is -2.14. The van der Waals surface area contributed by atoms with Gasteiger partial charge in [0.05, 0.1) is 24.4 Å². The fraction of sp³-hybridized carbons (Fsp3) is 0.0833. The molecule has 1 heterocycles. The molecule has 0 radical (unpaired) electrons. The normalized spacial score (nSPS) is 11.8. The quantitative estimate of drug-likeness (QED) is 0.323. The highest BCUT2D eigenvalue weighted by molar-refractivity contribution is 7.00. The number of benzene rings is 3. The van der Waals surface area contributed by atoms with Crippen LogP contribution in [0.5, 0.6) is 5.75 Å². The fourth-order valence-corrected chi connectivity index (χ4v) is 3.95. The minimum absolute atomic E-state index is 0.0378. The van der Waals surface area contributed by atoms with Crippen molar-refractivity contribution in [2.75, 3.05) is 7.11 Å². The first-order valence-electron chi connectivity index (χ1n) is 9.59. The van der Waals surface area contributed by atoms with Crippen LogP contribution < -0.4 is 4.74 Å². The van der Waals surface area contributed by atoms with Crippen LogP contribution in [0.2, 0.25) is 0 Å². The van der Waals surface area contributed by atoms with E-state index in [1.807, 2.05) is 0 Å². The first kappa shape index (κ1) is 21.3. The van der Waals surface area contributed by atoms with E-state index < -0.39 is 17.6 Å². The molecule has 0 aliphatic rings. The molecule has 0 saturated carbocycles. The number of carbonyl (C=O) groups is 2. The lowest BCUT2D eigenvalue weighted by molar-refractivity contribution is -0.130. The Morgan fingerprint density at radius 1 is 0.969 bits per heavy atom. The number of aromatic nitrogens is 2. The van der Waals surface area contributed by atoms with Gasteiger partial charge in [0.1, 0.15) is 11.0 Å². The number of nitrogens with zero attached hydrogens (tertiary/aromatic N) is 2. The molecule has 1 N–H and O–H groups in total. The van der Waals surface area contributed by atoms with Crippen molar-refractivity contribution in [2.45, 2.75) is 6.42 Å². The molecular weight excluding hydrogens is 431 g/mol. The zero-order valence-corrected chi connectivity index (χ0v) is 17.7. The molecule has 32 heavy (non-hydrogen) atoms. The number of carbonyl (C=O) groups excluding carboxylic acids is 1. The average molecular weight is 448 g/mol. The second-order valence-corrected chi connectivity index (χ2v) is 7.50. The van der Waals surface area contributed by atoms with E-state index in [0.717, 1.165) is 11.7 Å². The van der Waals surface area contributed by atoms with Crippen molar-refractivity contribution in [1.29, 1.82) is 0 Å². The van der Waals surface area contributed by atoms with Crippen molar-refractivity contribution in [2.24, 2.45) is 0 Å². The summed E-state index contributed by atoms with van der Waals surface area (Å²) >= 11 is 1.02. The minimum atomic E-state index is -1.26. The number of ketones is 1. The molecule has 0 aliphatic heterocycles. The molecule has 0 unspecified atom stereocenters. The van der Waals surface area contributed by atoms with E-state index in [9.17, 15) is 19.1 Å². The number of hydrogen-bond donors (Lipinski definition) is 1. The second kappa shape index (κ2) is 9.07. The molecule has 6 nitrogen and oxygen atoms in total. The smallest absolute Gasteiger partial charge is 0.336 e. The number of aliphatic carboxylic acids is 1. The third kappa shape index (κ3) is 4.26. The number of carboxylic acids is 1. The lowest BCUT2D eigenvalue weighted by Gasteiger charge is -2.14. The molecule has 4 rings (SSSR count). The van der Waals surface area contributed by atoms with Gasteiger partial charge in [0, 0.05) is 17.6 Å². The highest BCUT2D eigenvalue weighted by Gasteiger charge is 2.24. The van der Waals surface area contributed by atoms with E-state index in [-0.39, 0.29) is 23.3 Å². The molecule has 3 aromatic carbocycles. The number of allylic oxidation sites excluding steroid dienone is 1. The van der Waals surface area contributed by atoms with Gasteiger partial charge in [0.2, 0.25) is 0 Å². The maximum atomic E-state index is 14.3. The number of Topliss-reactive ketones (excluding diaryl/α,β-unsaturated/α-hetero) is 1. The van der Waals surface area contributed by atoms with Gasteiger partial charge in [-0.2, -0.15) is 8.75 Å². The molecule has 160 valence electrons. The van der Waals surface area contributed by atoms with Crippen LogP contribution in [0.3, 0.4) is 0 Å². The highest BCUT2D eigenvalue weighted by Crippen LogP contribution is 2.29. The van der Waals surface area contributed by atoms with Crippen molar-refractivity contribution >= 4 is 40.1 Å². The van der Waals surface area contributed by atoms with Gasteiger partial charge in [0.25, 0.3) is 0 Å². The summed E-state index contributed by atoms with van der Waals surface area (Å²) in [4.78, 5) is 25.8. The predicted octanol–water partition coefficient (Wildman–Crippen LogP) is 4.80. The SMILES string of the molecule is COc1ccc(CC(C(=O)c2ccccc2)=C(C(=O)O)c2ccc3nsnc3c2)cc1F. The van der Waals surface area contributed by atoms with Gasteiger partial charge in [-0.05, 0) is 35.4 Å². The van der Waals surface area contributed by atoms with Crippen molar-refractivity contribution in [3.05, 3.63) is 94.8 Å². The average Bonchev–Trinajstić information content (AvgIpc) is 3.27. The maximum Gasteiger partial charge on any atom is 0.336 e. The number of hydrogen-bond acceptors (Lipinski definition) is 6. The van der Waals surface area contributed by atoms with Crippen molar-refractivity contribution in [1.82, 2.24) is 8.75 Å². The first-order chi connectivity index (χ1) is 15.5. The van der Waals surface area contributed by atoms with E-state index in [1.54, 1.807) is 54.6 Å². The molecule has 0 aliphatic carbocycles. The minimum Gasteiger partial charge on any atom is -0.494 e. The summed E-state index contributed by atoms with van der Waals surface area (Å²) in [7, 11) is 1.36. The third-order valence-electron chi connectivity index (χ3n) is 4.97. The zero-order chi connectivity index (χ0) is 22.7. The molecule has 0 bridgehead atoms. The van der Waals surface area contributed by atoms with Crippen LogP contribution in [0.15, 0.2) is 72.3 Å². The Balaban J connectivity index is 1.90. The number of fused-ring (bicyclic) bond motifs is 1. The van der Waals surface area contributed by atoms with Crippen LogP contribution in [0.1, 0.15) is 21.5 Å². The Morgan fingerprint density at radius 3 is 2.41 bits per heavy atom. The number of rotatable bonds is 7. The van der Waals surface area contributed by atoms with E-state index in [2.05, 4.69) is 8.75 Å². The molecule has 1 aromatic heterocycles. The van der Waals surface area contributed by atoms with E-state index in [1.165, 1.54) is 19.2 Å². The monoisotopic (exact) mass is 448 g/mol. The molecule has 0 saturated heterocycles. The van der Waals surface area contributed by atoms with Gasteiger partial charge >= 0.3 is 5.97 Å². The summed E-state index contributed by atoms with van der Waals surface area (Å²) in [6, 6.07) is 17.5. The summed E-state index contributed by atoms with van der Waals surface area (Å²) in [6.07, 6.45) is -0.0797. The Kier molecular flexibility index (Phi) is 6.04. The summed E-state index contributed by atoms with van der Waals surface area (Å²) in [5.41, 5.74) is 2.15. The fourth-order valence-electron chi connectivity index (χ4n) is 3.43. The predicted molar refractivity (Wildman–Crippen MR) is 119 cm³/mol. The molecule has 0 spiro atoms. The van der Waals surface area contributed by atoms with Gasteiger partial charge in [-0.3, -0.25) is 4.79 Å². The van der Waals surface area contributed by atoms with Crippen molar-refractivity contribution in [3.63, 3.8) is 0 Å². The topological polar surface area (TPSA) is 89.4 Å². The van der Waals surface area contributed by atoms with Crippen LogP contribution >= 0.6 is 11.7 Å². The van der Waals surface area contributed by atoms with Crippen LogP contribution in [0, 0.1) is 5.82 Å². The van der Waals surface area contributed by atoms with Crippen LogP contribution in [0.25, 0.3) is 16.6 Å². The molecule has 0 amide bonds. The summed E-state index contributed by atoms with van der Waals surface area (Å²) in [5, 5.41) is 10.1. The van der Waals surface area contributed by atoms with Crippen LogP contribution in [0.4, 0.5) is 4.39 Å². The largest absolute Gasteiger partial charge is 0.494 e. The summed E-state index contributed by atoms with van der Waals surface area (Å²) in [5.74, 6) is -2.24. The van der Waals surface area contributed by atoms with Gasteiger partial charge in [-0.1, -0.05) is 42.5 Å². The Hall–Kier alpha value is -3.91. The zero-order valence-electron chi connectivity index (χ0n) is 16.9. The number of methoxy groups -OCH3 is 1. The lowest BCUT2D eigenvalue weighted by atomic mass is 9.89. The van der Waals surface area contributed by atoms with Crippen LogP contribution in [-0.4, -0.2) is 32.7 Å². The van der Waals surface area contributed by atoms with Crippen LogP contribution in [-0.2, 0) is 11.2 Å². The Morgan fingerprint density at radius 2 is 1.72 bits per heavy atom. The van der Waals surface area contributed by atoms with E-state index >= 15 is 0 Å². The summed E-state index contributed by atoms with van der Waals surface area (Å²) < 4.78 is 27.5. The molecule has 4 aromatic rings.